The normalized spacial score (nSPS) is 12.8. The van der Waals surface area contributed by atoms with Gasteiger partial charge in [0.05, 0.1) is 0 Å². The Morgan fingerprint density at radius 1 is 1.09 bits per heavy atom. The van der Waals surface area contributed by atoms with Crippen LogP contribution in [-0.4, -0.2) is 17.2 Å². The summed E-state index contributed by atoms with van der Waals surface area (Å²) in [5.74, 6) is -0.599. The van der Waals surface area contributed by atoms with E-state index in [9.17, 15) is 23.1 Å². The molecule has 2 aromatic rings. The van der Waals surface area contributed by atoms with Gasteiger partial charge in [0.15, 0.2) is 6.10 Å². The Bertz CT molecular complexity index is 671. The summed E-state index contributed by atoms with van der Waals surface area (Å²) in [4.78, 5) is 12.0. The molecule has 0 aromatic heterocycles. The zero-order valence-electron chi connectivity index (χ0n) is 11.1. The molecule has 7 heteroatoms. The van der Waals surface area contributed by atoms with E-state index in [-0.39, 0.29) is 11.3 Å². The van der Waals surface area contributed by atoms with Gasteiger partial charge in [-0.25, -0.2) is 0 Å². The Hall–Kier alpha value is -2.05. The van der Waals surface area contributed by atoms with Crippen LogP contribution in [0.1, 0.15) is 22.0 Å². The Kier molecular flexibility index (Phi) is 4.73. The molecule has 116 valence electrons. The third-order valence-electron chi connectivity index (χ3n) is 2.92. The lowest BCUT2D eigenvalue weighted by atomic mass is 10.1. The van der Waals surface area contributed by atoms with E-state index in [1.54, 1.807) is 0 Å². The first kappa shape index (κ1) is 16.3. The number of para-hydroxylation sites is 1. The lowest BCUT2D eigenvalue weighted by Gasteiger charge is -2.18. The van der Waals surface area contributed by atoms with Crippen LogP contribution in [0.2, 0.25) is 5.02 Å². The molecule has 0 radical (unpaired) electrons. The molecule has 0 spiro atoms. The van der Waals surface area contributed by atoms with E-state index in [1.807, 2.05) is 0 Å². The number of alkyl halides is 3. The van der Waals surface area contributed by atoms with E-state index in [1.165, 1.54) is 42.5 Å². The highest BCUT2D eigenvalue weighted by atomic mass is 35.5. The standard InChI is InChI=1S/C15H11ClF3NO2/c16-10-7-5-9(6-8-10)14(22)20-12-4-2-1-3-11(12)13(21)15(17,18)19/h1-8,13,21H,(H,20,22). The molecule has 0 aliphatic heterocycles. The van der Waals surface area contributed by atoms with Crippen LogP contribution in [0.5, 0.6) is 0 Å². The number of hydrogen-bond acceptors (Lipinski definition) is 2. The fraction of sp³-hybridized carbons (Fsp3) is 0.133. The quantitative estimate of drug-likeness (QED) is 0.887. The molecule has 0 saturated heterocycles. The van der Waals surface area contributed by atoms with Gasteiger partial charge in [0.2, 0.25) is 0 Å². The molecule has 2 N–H and O–H groups in total. The minimum Gasteiger partial charge on any atom is -0.379 e. The predicted molar refractivity (Wildman–Crippen MR) is 76.9 cm³/mol. The molecule has 2 rings (SSSR count). The highest BCUT2D eigenvalue weighted by Gasteiger charge is 2.40. The molecule has 22 heavy (non-hydrogen) atoms. The van der Waals surface area contributed by atoms with Gasteiger partial charge in [0.25, 0.3) is 5.91 Å². The van der Waals surface area contributed by atoms with Crippen LogP contribution in [0.4, 0.5) is 18.9 Å². The van der Waals surface area contributed by atoms with Gasteiger partial charge in [-0.3, -0.25) is 4.79 Å². The molecule has 1 amide bonds. The minimum absolute atomic E-state index is 0.104. The van der Waals surface area contributed by atoms with Crippen LogP contribution in [-0.2, 0) is 0 Å². The van der Waals surface area contributed by atoms with Crippen molar-refractivity contribution in [1.82, 2.24) is 0 Å². The van der Waals surface area contributed by atoms with Crippen molar-refractivity contribution >= 4 is 23.2 Å². The summed E-state index contributed by atoms with van der Waals surface area (Å²) < 4.78 is 37.9. The fourth-order valence-corrected chi connectivity index (χ4v) is 1.95. The van der Waals surface area contributed by atoms with Crippen LogP contribution < -0.4 is 5.32 Å². The monoisotopic (exact) mass is 329 g/mol. The van der Waals surface area contributed by atoms with E-state index < -0.39 is 23.8 Å². The van der Waals surface area contributed by atoms with Crippen molar-refractivity contribution in [1.29, 1.82) is 0 Å². The highest BCUT2D eigenvalue weighted by Crippen LogP contribution is 2.36. The molecule has 1 atom stereocenters. The smallest absolute Gasteiger partial charge is 0.379 e. The summed E-state index contributed by atoms with van der Waals surface area (Å²) in [6.45, 7) is 0. The topological polar surface area (TPSA) is 49.3 Å². The summed E-state index contributed by atoms with van der Waals surface area (Å²) >= 11 is 5.70. The lowest BCUT2D eigenvalue weighted by molar-refractivity contribution is -0.206. The van der Waals surface area contributed by atoms with Gasteiger partial charge in [-0.05, 0) is 30.3 Å². The van der Waals surface area contributed by atoms with Gasteiger partial charge >= 0.3 is 6.18 Å². The maximum absolute atomic E-state index is 12.6. The molecule has 0 heterocycles. The number of aliphatic hydroxyl groups is 1. The Balaban J connectivity index is 2.26. The zero-order chi connectivity index (χ0) is 16.3. The van der Waals surface area contributed by atoms with Crippen molar-refractivity contribution < 1.29 is 23.1 Å². The second-order valence-electron chi connectivity index (χ2n) is 4.49. The lowest BCUT2D eigenvalue weighted by Crippen LogP contribution is -2.22. The Labute approximate surface area is 129 Å². The molecule has 3 nitrogen and oxygen atoms in total. The highest BCUT2D eigenvalue weighted by molar-refractivity contribution is 6.30. The number of amides is 1. The average molecular weight is 330 g/mol. The SMILES string of the molecule is O=C(Nc1ccccc1C(O)C(F)(F)F)c1ccc(Cl)cc1. The predicted octanol–water partition coefficient (Wildman–Crippen LogP) is 4.19. The molecule has 0 saturated carbocycles. The summed E-state index contributed by atoms with van der Waals surface area (Å²) in [6, 6.07) is 11.1. The van der Waals surface area contributed by atoms with Crippen molar-refractivity contribution in [3.8, 4) is 0 Å². The van der Waals surface area contributed by atoms with Crippen molar-refractivity contribution in [2.24, 2.45) is 0 Å². The number of carbonyl (C=O) groups excluding carboxylic acids is 1. The first-order valence-electron chi connectivity index (χ1n) is 6.19. The van der Waals surface area contributed by atoms with Crippen LogP contribution in [0, 0.1) is 0 Å². The molecular weight excluding hydrogens is 319 g/mol. The molecule has 0 bridgehead atoms. The summed E-state index contributed by atoms with van der Waals surface area (Å²) in [5.41, 5.74) is -0.287. The van der Waals surface area contributed by atoms with Crippen molar-refractivity contribution in [3.05, 3.63) is 64.7 Å². The van der Waals surface area contributed by atoms with Gasteiger partial charge in [-0.1, -0.05) is 29.8 Å². The maximum atomic E-state index is 12.6. The number of halogens is 4. The zero-order valence-corrected chi connectivity index (χ0v) is 11.8. The largest absolute Gasteiger partial charge is 0.418 e. The van der Waals surface area contributed by atoms with Crippen LogP contribution >= 0.6 is 11.6 Å². The Morgan fingerprint density at radius 3 is 2.27 bits per heavy atom. The van der Waals surface area contributed by atoms with Crippen molar-refractivity contribution in [2.75, 3.05) is 5.32 Å². The van der Waals surface area contributed by atoms with E-state index in [2.05, 4.69) is 5.32 Å². The van der Waals surface area contributed by atoms with Gasteiger partial charge in [0, 0.05) is 21.8 Å². The first-order chi connectivity index (χ1) is 10.3. The molecule has 2 aromatic carbocycles. The van der Waals surface area contributed by atoms with Crippen LogP contribution in [0.15, 0.2) is 48.5 Å². The number of carbonyl (C=O) groups is 1. The fourth-order valence-electron chi connectivity index (χ4n) is 1.82. The summed E-state index contributed by atoms with van der Waals surface area (Å²) in [5, 5.41) is 12.2. The number of nitrogens with one attached hydrogen (secondary N) is 1. The van der Waals surface area contributed by atoms with Crippen molar-refractivity contribution in [3.63, 3.8) is 0 Å². The number of aliphatic hydroxyl groups excluding tert-OH is 1. The number of benzene rings is 2. The Morgan fingerprint density at radius 2 is 1.68 bits per heavy atom. The van der Waals surface area contributed by atoms with Gasteiger partial charge < -0.3 is 10.4 Å². The third-order valence-corrected chi connectivity index (χ3v) is 3.17. The van der Waals surface area contributed by atoms with Crippen molar-refractivity contribution in [2.45, 2.75) is 12.3 Å². The van der Waals surface area contributed by atoms with Crippen LogP contribution in [0.25, 0.3) is 0 Å². The van der Waals surface area contributed by atoms with Gasteiger partial charge in [-0.2, -0.15) is 13.2 Å². The second-order valence-corrected chi connectivity index (χ2v) is 4.93. The first-order valence-corrected chi connectivity index (χ1v) is 6.57. The average Bonchev–Trinajstić information content (AvgIpc) is 2.46. The third kappa shape index (κ3) is 3.78. The molecular formula is C15H11ClF3NO2. The summed E-state index contributed by atoms with van der Waals surface area (Å²) in [6.07, 6.45) is -7.49. The molecule has 0 aliphatic carbocycles. The molecule has 0 fully saturated rings. The second kappa shape index (κ2) is 6.37. The number of rotatable bonds is 3. The number of hydrogen-bond donors (Lipinski definition) is 2. The minimum atomic E-state index is -4.82. The maximum Gasteiger partial charge on any atom is 0.418 e. The van der Waals surface area contributed by atoms with E-state index in [0.29, 0.717) is 5.02 Å². The van der Waals surface area contributed by atoms with Gasteiger partial charge in [0.1, 0.15) is 0 Å². The van der Waals surface area contributed by atoms with E-state index in [0.717, 1.165) is 6.07 Å². The van der Waals surface area contributed by atoms with E-state index >= 15 is 0 Å². The van der Waals surface area contributed by atoms with Crippen LogP contribution in [0.3, 0.4) is 0 Å². The summed E-state index contributed by atoms with van der Waals surface area (Å²) in [7, 11) is 0. The molecule has 0 aliphatic rings. The van der Waals surface area contributed by atoms with Gasteiger partial charge in [-0.15, -0.1) is 0 Å². The molecule has 1 unspecified atom stereocenters. The number of anilines is 1. The van der Waals surface area contributed by atoms with E-state index in [4.69, 9.17) is 11.6 Å².